The molecule has 0 aliphatic heterocycles. The molecular formula is C9H19N3OS. The molecule has 0 bridgehead atoms. The first-order valence-electron chi connectivity index (χ1n) is 4.98. The van der Waals surface area contributed by atoms with Gasteiger partial charge in [-0.2, -0.15) is 0 Å². The second kappa shape index (κ2) is 4.77. The van der Waals surface area contributed by atoms with Crippen LogP contribution in [-0.4, -0.2) is 34.3 Å². The van der Waals surface area contributed by atoms with Crippen LogP contribution in [0.15, 0.2) is 4.99 Å². The van der Waals surface area contributed by atoms with Gasteiger partial charge in [-0.15, -0.1) is 0 Å². The highest BCUT2D eigenvalue weighted by Crippen LogP contribution is 2.41. The third-order valence-corrected chi connectivity index (χ3v) is 4.27. The molecule has 1 aliphatic rings. The largest absolute Gasteiger partial charge is 0.370 e. The molecule has 5 heteroatoms. The fourth-order valence-corrected chi connectivity index (χ4v) is 2.14. The summed E-state index contributed by atoms with van der Waals surface area (Å²) in [7, 11) is -0.777. The summed E-state index contributed by atoms with van der Waals surface area (Å²) in [6, 6.07) is 0. The Morgan fingerprint density at radius 1 is 1.64 bits per heavy atom. The Bertz CT molecular complexity index is 248. The highest BCUT2D eigenvalue weighted by atomic mass is 32.2. The summed E-state index contributed by atoms with van der Waals surface area (Å²) in [6.07, 6.45) is 4.81. The summed E-state index contributed by atoms with van der Waals surface area (Å²) in [4.78, 5) is 4.21. The molecule has 0 aromatic carbocycles. The normalized spacial score (nSPS) is 21.7. The Kier molecular flexibility index (Phi) is 3.92. The van der Waals surface area contributed by atoms with E-state index in [1.807, 2.05) is 0 Å². The molecule has 1 rings (SSSR count). The van der Waals surface area contributed by atoms with Crippen molar-refractivity contribution in [1.82, 2.24) is 5.32 Å². The average molecular weight is 217 g/mol. The van der Waals surface area contributed by atoms with Gasteiger partial charge < -0.3 is 11.1 Å². The summed E-state index contributed by atoms with van der Waals surface area (Å²) in [5.41, 5.74) is 5.63. The second-order valence-electron chi connectivity index (χ2n) is 3.77. The molecule has 0 heterocycles. The predicted molar refractivity (Wildman–Crippen MR) is 60.8 cm³/mol. The first-order valence-corrected chi connectivity index (χ1v) is 6.54. The molecular weight excluding hydrogens is 198 g/mol. The van der Waals surface area contributed by atoms with Crippen LogP contribution in [0.3, 0.4) is 0 Å². The maximum absolute atomic E-state index is 11.3. The number of nitrogens with two attached hydrogens (primary N) is 1. The minimum atomic E-state index is -0.777. The number of nitrogens with one attached hydrogen (secondary N) is 1. The molecule has 0 aromatic rings. The molecule has 1 unspecified atom stereocenters. The van der Waals surface area contributed by atoms with E-state index in [4.69, 9.17) is 5.73 Å². The molecule has 1 atom stereocenters. The van der Waals surface area contributed by atoms with Gasteiger partial charge in [0.2, 0.25) is 0 Å². The number of guanidine groups is 1. The lowest BCUT2D eigenvalue weighted by Crippen LogP contribution is -2.33. The zero-order valence-electron chi connectivity index (χ0n) is 8.88. The van der Waals surface area contributed by atoms with Gasteiger partial charge in [0.15, 0.2) is 5.96 Å². The Hall–Kier alpha value is -0.580. The Morgan fingerprint density at radius 2 is 2.29 bits per heavy atom. The molecule has 1 aliphatic carbocycles. The molecule has 0 aromatic heterocycles. The van der Waals surface area contributed by atoms with E-state index in [2.05, 4.69) is 17.2 Å². The van der Waals surface area contributed by atoms with Crippen molar-refractivity contribution in [2.45, 2.75) is 30.9 Å². The first kappa shape index (κ1) is 11.5. The van der Waals surface area contributed by atoms with Crippen molar-refractivity contribution in [3.05, 3.63) is 0 Å². The third-order valence-electron chi connectivity index (χ3n) is 2.51. The summed E-state index contributed by atoms with van der Waals surface area (Å²) < 4.78 is 11.3. The van der Waals surface area contributed by atoms with Crippen molar-refractivity contribution < 1.29 is 4.21 Å². The van der Waals surface area contributed by atoms with Gasteiger partial charge in [0.25, 0.3) is 0 Å². The van der Waals surface area contributed by atoms with E-state index in [0.29, 0.717) is 12.5 Å². The van der Waals surface area contributed by atoms with Crippen LogP contribution in [0.4, 0.5) is 0 Å². The maximum atomic E-state index is 11.3. The van der Waals surface area contributed by atoms with Crippen LogP contribution >= 0.6 is 0 Å². The van der Waals surface area contributed by atoms with E-state index in [1.54, 1.807) is 6.26 Å². The van der Waals surface area contributed by atoms with E-state index in [0.717, 1.165) is 25.8 Å². The van der Waals surface area contributed by atoms with Crippen molar-refractivity contribution in [3.8, 4) is 0 Å². The van der Waals surface area contributed by atoms with Gasteiger partial charge >= 0.3 is 0 Å². The third kappa shape index (κ3) is 2.97. The molecule has 0 spiro atoms. The zero-order chi connectivity index (χ0) is 10.6. The van der Waals surface area contributed by atoms with E-state index >= 15 is 0 Å². The second-order valence-corrected chi connectivity index (χ2v) is 5.54. The summed E-state index contributed by atoms with van der Waals surface area (Å²) in [5.74, 6) is 0.476. The molecule has 0 radical (unpaired) electrons. The van der Waals surface area contributed by atoms with Gasteiger partial charge in [-0.3, -0.25) is 9.20 Å². The van der Waals surface area contributed by atoms with Crippen LogP contribution in [-0.2, 0) is 10.8 Å². The molecule has 1 saturated carbocycles. The predicted octanol–water partition coefficient (Wildman–Crippen LogP) is 0.212. The molecule has 0 saturated heterocycles. The van der Waals surface area contributed by atoms with Crippen LogP contribution in [0.5, 0.6) is 0 Å². The highest BCUT2D eigenvalue weighted by Gasteiger charge is 2.46. The van der Waals surface area contributed by atoms with Gasteiger partial charge in [0, 0.05) is 23.6 Å². The fourth-order valence-electron chi connectivity index (χ4n) is 1.21. The van der Waals surface area contributed by atoms with E-state index in [1.165, 1.54) is 0 Å². The molecule has 82 valence electrons. The number of rotatable bonds is 5. The standard InChI is InChI=1S/C9H19N3OS/c1-3-6-11-8(10)12-7-9(4-5-9)14(2)13/h3-7H2,1-2H3,(H3,10,11,12). The van der Waals surface area contributed by atoms with E-state index in [9.17, 15) is 4.21 Å². The minimum Gasteiger partial charge on any atom is -0.370 e. The van der Waals surface area contributed by atoms with Crippen LogP contribution in [0.2, 0.25) is 0 Å². The Balaban J connectivity index is 2.34. The maximum Gasteiger partial charge on any atom is 0.188 e. The number of hydrogen-bond donors (Lipinski definition) is 2. The van der Waals surface area contributed by atoms with Crippen molar-refractivity contribution >= 4 is 16.8 Å². The summed E-state index contributed by atoms with van der Waals surface area (Å²) >= 11 is 0. The smallest absolute Gasteiger partial charge is 0.188 e. The Morgan fingerprint density at radius 3 is 2.71 bits per heavy atom. The summed E-state index contributed by atoms with van der Waals surface area (Å²) in [5, 5.41) is 3.00. The first-order chi connectivity index (χ1) is 6.60. The Labute approximate surface area is 87.8 Å². The lowest BCUT2D eigenvalue weighted by Gasteiger charge is -2.09. The molecule has 3 N–H and O–H groups in total. The van der Waals surface area contributed by atoms with Crippen LogP contribution in [0.25, 0.3) is 0 Å². The molecule has 4 nitrogen and oxygen atoms in total. The lowest BCUT2D eigenvalue weighted by atomic mass is 10.4. The van der Waals surface area contributed by atoms with Crippen LogP contribution < -0.4 is 11.1 Å². The van der Waals surface area contributed by atoms with Crippen molar-refractivity contribution in [1.29, 1.82) is 0 Å². The minimum absolute atomic E-state index is 0.0570. The van der Waals surface area contributed by atoms with E-state index < -0.39 is 10.8 Å². The van der Waals surface area contributed by atoms with E-state index in [-0.39, 0.29) is 4.75 Å². The van der Waals surface area contributed by atoms with Gasteiger partial charge in [-0.1, -0.05) is 6.92 Å². The lowest BCUT2D eigenvalue weighted by molar-refractivity contribution is 0.671. The number of aliphatic imine (C=N–C) groups is 1. The monoisotopic (exact) mass is 217 g/mol. The van der Waals surface area contributed by atoms with Gasteiger partial charge in [0.05, 0.1) is 11.3 Å². The van der Waals surface area contributed by atoms with Crippen LogP contribution in [0, 0.1) is 0 Å². The molecule has 14 heavy (non-hydrogen) atoms. The van der Waals surface area contributed by atoms with Gasteiger partial charge in [0.1, 0.15) is 0 Å². The zero-order valence-corrected chi connectivity index (χ0v) is 9.69. The van der Waals surface area contributed by atoms with Crippen molar-refractivity contribution in [2.75, 3.05) is 19.3 Å². The van der Waals surface area contributed by atoms with Crippen molar-refractivity contribution in [3.63, 3.8) is 0 Å². The van der Waals surface area contributed by atoms with Crippen molar-refractivity contribution in [2.24, 2.45) is 10.7 Å². The molecule has 1 fully saturated rings. The average Bonchev–Trinajstić information content (AvgIpc) is 2.92. The van der Waals surface area contributed by atoms with Gasteiger partial charge in [-0.05, 0) is 19.3 Å². The number of nitrogens with zero attached hydrogens (tertiary/aromatic N) is 1. The van der Waals surface area contributed by atoms with Gasteiger partial charge in [-0.25, -0.2) is 0 Å². The topological polar surface area (TPSA) is 67.5 Å². The fraction of sp³-hybridized carbons (Fsp3) is 0.889. The number of hydrogen-bond acceptors (Lipinski definition) is 2. The highest BCUT2D eigenvalue weighted by molar-refractivity contribution is 7.86. The summed E-state index contributed by atoms with van der Waals surface area (Å²) in [6.45, 7) is 3.51. The SMILES string of the molecule is CCCNC(N)=NCC1(S(C)=O)CC1. The molecule has 0 amide bonds. The van der Waals surface area contributed by atoms with Crippen LogP contribution in [0.1, 0.15) is 26.2 Å². The quantitative estimate of drug-likeness (QED) is 0.511.